The first kappa shape index (κ1) is 26.1. The molecule has 6 heteroatoms. The van der Waals surface area contributed by atoms with Crippen molar-refractivity contribution in [1.29, 1.82) is 0 Å². The van der Waals surface area contributed by atoms with Crippen LogP contribution in [0.15, 0.2) is 66.0 Å². The predicted molar refractivity (Wildman–Crippen MR) is 145 cm³/mol. The van der Waals surface area contributed by atoms with Gasteiger partial charge in [0, 0.05) is 30.6 Å². The third-order valence-electron chi connectivity index (χ3n) is 6.85. The Morgan fingerprint density at radius 3 is 2.56 bits per heavy atom. The van der Waals surface area contributed by atoms with Gasteiger partial charge in [-0.3, -0.25) is 9.59 Å². The second-order valence-electron chi connectivity index (χ2n) is 9.32. The number of aryl methyl sites for hydroxylation is 1. The number of methoxy groups -OCH3 is 1. The molecule has 3 aromatic rings. The number of ether oxygens (including phenoxy) is 1. The van der Waals surface area contributed by atoms with Crippen molar-refractivity contribution in [2.75, 3.05) is 33.4 Å². The topological polar surface area (TPSA) is 49.9 Å². The van der Waals surface area contributed by atoms with E-state index in [0.717, 1.165) is 24.8 Å². The second kappa shape index (κ2) is 12.8. The van der Waals surface area contributed by atoms with Crippen molar-refractivity contribution in [3.63, 3.8) is 0 Å². The van der Waals surface area contributed by atoms with Crippen LogP contribution in [0.25, 0.3) is 0 Å². The van der Waals surface area contributed by atoms with Gasteiger partial charge in [-0.2, -0.15) is 0 Å². The summed E-state index contributed by atoms with van der Waals surface area (Å²) in [6.45, 7) is 3.62. The van der Waals surface area contributed by atoms with E-state index in [9.17, 15) is 9.59 Å². The van der Waals surface area contributed by atoms with Crippen molar-refractivity contribution in [2.45, 2.75) is 45.1 Å². The molecule has 1 unspecified atom stereocenters. The van der Waals surface area contributed by atoms with Crippen molar-refractivity contribution in [3.05, 3.63) is 93.2 Å². The Bertz CT molecular complexity index is 1130. The van der Waals surface area contributed by atoms with E-state index in [-0.39, 0.29) is 24.4 Å². The number of rotatable bonds is 11. The van der Waals surface area contributed by atoms with E-state index in [1.54, 1.807) is 23.3 Å². The standard InChI is InChI=1S/C30H36N2O3S/c1-3-4-6-9-23-12-14-25(15-13-23)30(34)31(19-20-35-2)22-28(33)32-18-16-27-26(17-21-36-27)29(32)24-10-7-5-8-11-24/h5,7-8,10-15,17,21,29H,3-4,6,9,16,18-20,22H2,1-2H3. The van der Waals surface area contributed by atoms with Crippen LogP contribution < -0.4 is 0 Å². The minimum atomic E-state index is -0.134. The van der Waals surface area contributed by atoms with Crippen LogP contribution in [-0.2, 0) is 22.4 Å². The monoisotopic (exact) mass is 504 g/mol. The van der Waals surface area contributed by atoms with Crippen LogP contribution in [0, 0.1) is 0 Å². The highest BCUT2D eigenvalue weighted by molar-refractivity contribution is 7.10. The van der Waals surface area contributed by atoms with Crippen LogP contribution in [0.4, 0.5) is 0 Å². The highest BCUT2D eigenvalue weighted by atomic mass is 32.1. The summed E-state index contributed by atoms with van der Waals surface area (Å²) >= 11 is 1.75. The van der Waals surface area contributed by atoms with E-state index in [4.69, 9.17) is 4.74 Å². The lowest BCUT2D eigenvalue weighted by molar-refractivity contribution is -0.134. The van der Waals surface area contributed by atoms with Crippen LogP contribution in [0.5, 0.6) is 0 Å². The molecule has 5 nitrogen and oxygen atoms in total. The van der Waals surface area contributed by atoms with Crippen LogP contribution >= 0.6 is 11.3 Å². The fourth-order valence-electron chi connectivity index (χ4n) is 4.86. The number of amides is 2. The number of nitrogens with zero attached hydrogens (tertiary/aromatic N) is 2. The summed E-state index contributed by atoms with van der Waals surface area (Å²) in [4.78, 5) is 32.1. The Hall–Kier alpha value is -2.96. The maximum absolute atomic E-state index is 13.7. The van der Waals surface area contributed by atoms with Crippen molar-refractivity contribution < 1.29 is 14.3 Å². The third kappa shape index (κ3) is 6.23. The normalized spacial score (nSPS) is 14.9. The molecule has 36 heavy (non-hydrogen) atoms. The molecule has 0 bridgehead atoms. The number of carbonyl (C=O) groups is 2. The van der Waals surface area contributed by atoms with Crippen LogP contribution in [0.1, 0.15) is 64.2 Å². The Kier molecular flexibility index (Phi) is 9.31. The zero-order valence-corrected chi connectivity index (χ0v) is 22.1. The molecule has 1 aromatic heterocycles. The van der Waals surface area contributed by atoms with Gasteiger partial charge in [0.1, 0.15) is 6.54 Å². The van der Waals surface area contributed by atoms with E-state index in [1.807, 2.05) is 47.4 Å². The second-order valence-corrected chi connectivity index (χ2v) is 10.3. The number of unbranched alkanes of at least 4 members (excludes halogenated alkanes) is 2. The number of carbonyl (C=O) groups excluding carboxylic acids is 2. The molecule has 0 aliphatic carbocycles. The number of hydrogen-bond acceptors (Lipinski definition) is 4. The van der Waals surface area contributed by atoms with E-state index in [0.29, 0.717) is 25.3 Å². The Labute approximate surface area is 218 Å². The summed E-state index contributed by atoms with van der Waals surface area (Å²) < 4.78 is 5.27. The van der Waals surface area contributed by atoms with Crippen LogP contribution in [0.3, 0.4) is 0 Å². The summed E-state index contributed by atoms with van der Waals surface area (Å²) in [6, 6.07) is 20.0. The van der Waals surface area contributed by atoms with Gasteiger partial charge in [-0.25, -0.2) is 0 Å². The summed E-state index contributed by atoms with van der Waals surface area (Å²) in [7, 11) is 1.61. The predicted octanol–water partition coefficient (Wildman–Crippen LogP) is 5.74. The van der Waals surface area contributed by atoms with E-state index in [1.165, 1.54) is 28.8 Å². The minimum absolute atomic E-state index is 0.0310. The molecular formula is C30H36N2O3S. The van der Waals surface area contributed by atoms with Crippen LogP contribution in [0.2, 0.25) is 0 Å². The third-order valence-corrected chi connectivity index (χ3v) is 7.85. The van der Waals surface area contributed by atoms with Gasteiger partial charge in [0.05, 0.1) is 12.6 Å². The first-order valence-electron chi connectivity index (χ1n) is 12.9. The quantitative estimate of drug-likeness (QED) is 0.313. The largest absolute Gasteiger partial charge is 0.383 e. The molecule has 0 spiro atoms. The molecule has 0 saturated heterocycles. The van der Waals surface area contributed by atoms with E-state index >= 15 is 0 Å². The van der Waals surface area contributed by atoms with Gasteiger partial charge >= 0.3 is 0 Å². The molecule has 2 amide bonds. The molecule has 0 saturated carbocycles. The molecule has 4 rings (SSSR count). The lowest BCUT2D eigenvalue weighted by atomic mass is 9.93. The highest BCUT2D eigenvalue weighted by Crippen LogP contribution is 2.37. The van der Waals surface area contributed by atoms with E-state index < -0.39 is 0 Å². The molecule has 0 radical (unpaired) electrons. The number of benzene rings is 2. The Morgan fingerprint density at radius 1 is 1.06 bits per heavy atom. The summed E-state index contributed by atoms with van der Waals surface area (Å²) in [5, 5.41) is 2.11. The maximum atomic E-state index is 13.7. The molecule has 0 fully saturated rings. The van der Waals surface area contributed by atoms with Crippen molar-refractivity contribution in [3.8, 4) is 0 Å². The number of fused-ring (bicyclic) bond motifs is 1. The molecule has 0 N–H and O–H groups in total. The van der Waals surface area contributed by atoms with Gasteiger partial charge in [0.2, 0.25) is 5.91 Å². The molecular weight excluding hydrogens is 468 g/mol. The van der Waals surface area contributed by atoms with Crippen LogP contribution in [-0.4, -0.2) is 55.0 Å². The molecule has 1 aliphatic heterocycles. The van der Waals surface area contributed by atoms with Gasteiger partial charge < -0.3 is 14.5 Å². The number of hydrogen-bond donors (Lipinski definition) is 0. The molecule has 1 atom stereocenters. The number of thiophene rings is 1. The van der Waals surface area contributed by atoms with E-state index in [2.05, 4.69) is 30.5 Å². The first-order chi connectivity index (χ1) is 17.6. The maximum Gasteiger partial charge on any atom is 0.254 e. The summed E-state index contributed by atoms with van der Waals surface area (Å²) in [6.07, 6.45) is 5.42. The fourth-order valence-corrected chi connectivity index (χ4v) is 5.77. The van der Waals surface area contributed by atoms with Gasteiger partial charge in [-0.05, 0) is 59.5 Å². The van der Waals surface area contributed by atoms with Gasteiger partial charge in [-0.1, -0.05) is 62.2 Å². The fraction of sp³-hybridized carbons (Fsp3) is 0.400. The Morgan fingerprint density at radius 2 is 1.83 bits per heavy atom. The van der Waals surface area contributed by atoms with Gasteiger partial charge in [0.15, 0.2) is 0 Å². The molecule has 2 heterocycles. The van der Waals surface area contributed by atoms with Gasteiger partial charge in [-0.15, -0.1) is 11.3 Å². The molecule has 2 aromatic carbocycles. The lowest BCUT2D eigenvalue weighted by Crippen LogP contribution is -2.47. The summed E-state index contributed by atoms with van der Waals surface area (Å²) in [5.41, 5.74) is 4.14. The Balaban J connectivity index is 1.51. The highest BCUT2D eigenvalue weighted by Gasteiger charge is 2.34. The van der Waals surface area contributed by atoms with Crippen molar-refractivity contribution in [2.24, 2.45) is 0 Å². The van der Waals surface area contributed by atoms with Crippen molar-refractivity contribution in [1.82, 2.24) is 9.80 Å². The zero-order chi connectivity index (χ0) is 25.3. The van der Waals surface area contributed by atoms with Gasteiger partial charge in [0.25, 0.3) is 5.91 Å². The molecule has 190 valence electrons. The summed E-state index contributed by atoms with van der Waals surface area (Å²) in [5.74, 6) is -0.175. The first-order valence-corrected chi connectivity index (χ1v) is 13.8. The SMILES string of the molecule is CCCCCc1ccc(C(=O)N(CCOC)CC(=O)N2CCc3sccc3C2c2ccccc2)cc1. The smallest absolute Gasteiger partial charge is 0.254 e. The van der Waals surface area contributed by atoms with Crippen molar-refractivity contribution >= 4 is 23.2 Å². The molecule has 1 aliphatic rings. The average Bonchev–Trinajstić information content (AvgIpc) is 3.40. The average molecular weight is 505 g/mol. The minimum Gasteiger partial charge on any atom is -0.383 e. The zero-order valence-electron chi connectivity index (χ0n) is 21.3. The lowest BCUT2D eigenvalue weighted by Gasteiger charge is -2.37.